The van der Waals surface area contributed by atoms with Gasteiger partial charge in [0.25, 0.3) is 0 Å². The van der Waals surface area contributed by atoms with Gasteiger partial charge in [-0.3, -0.25) is 0 Å². The zero-order valence-electron chi connectivity index (χ0n) is 14.5. The molecular formula is C20H26N2O2. The van der Waals surface area contributed by atoms with Crippen LogP contribution in [0.25, 0.3) is 0 Å². The van der Waals surface area contributed by atoms with E-state index in [4.69, 9.17) is 4.74 Å². The van der Waals surface area contributed by atoms with E-state index in [0.29, 0.717) is 13.2 Å². The summed E-state index contributed by atoms with van der Waals surface area (Å²) in [6.07, 6.45) is 3.46. The van der Waals surface area contributed by atoms with E-state index in [2.05, 4.69) is 29.7 Å². The number of carbonyl (C=O) groups is 1. The first-order valence-corrected chi connectivity index (χ1v) is 8.56. The van der Waals surface area contributed by atoms with Gasteiger partial charge in [-0.1, -0.05) is 37.6 Å². The number of ether oxygens (including phenoxy) is 1. The molecule has 0 bridgehead atoms. The fourth-order valence-corrected chi connectivity index (χ4v) is 2.36. The second-order valence-electron chi connectivity index (χ2n) is 5.69. The number of nitrogens with one attached hydrogen (secondary N) is 2. The third kappa shape index (κ3) is 5.95. The number of rotatable bonds is 8. The van der Waals surface area contributed by atoms with Gasteiger partial charge in [-0.2, -0.15) is 0 Å². The molecule has 128 valence electrons. The molecule has 0 heterocycles. The number of benzene rings is 2. The summed E-state index contributed by atoms with van der Waals surface area (Å²) in [6.45, 7) is 5.27. The maximum Gasteiger partial charge on any atom is 0.319 e. The number of hydrogen-bond acceptors (Lipinski definition) is 2. The van der Waals surface area contributed by atoms with Crippen LogP contribution in [-0.2, 0) is 13.0 Å². The van der Waals surface area contributed by atoms with Gasteiger partial charge in [0.2, 0.25) is 0 Å². The molecule has 0 unspecified atom stereocenters. The van der Waals surface area contributed by atoms with Gasteiger partial charge < -0.3 is 15.4 Å². The van der Waals surface area contributed by atoms with Gasteiger partial charge in [-0.25, -0.2) is 4.79 Å². The number of carbonyl (C=O) groups excluding carboxylic acids is 1. The van der Waals surface area contributed by atoms with Crippen LogP contribution in [0, 0.1) is 0 Å². The van der Waals surface area contributed by atoms with E-state index >= 15 is 0 Å². The van der Waals surface area contributed by atoms with Crippen LogP contribution >= 0.6 is 0 Å². The quantitative estimate of drug-likeness (QED) is 0.735. The largest absolute Gasteiger partial charge is 0.494 e. The van der Waals surface area contributed by atoms with Gasteiger partial charge in [-0.05, 0) is 55.2 Å². The van der Waals surface area contributed by atoms with Crippen LogP contribution in [0.2, 0.25) is 0 Å². The van der Waals surface area contributed by atoms with Gasteiger partial charge in [0, 0.05) is 12.2 Å². The Morgan fingerprint density at radius 1 is 0.958 bits per heavy atom. The molecule has 4 heteroatoms. The van der Waals surface area contributed by atoms with Crippen LogP contribution in [0.4, 0.5) is 10.5 Å². The summed E-state index contributed by atoms with van der Waals surface area (Å²) in [7, 11) is 0. The number of hydrogen-bond donors (Lipinski definition) is 2. The Morgan fingerprint density at radius 3 is 2.25 bits per heavy atom. The molecule has 0 fully saturated rings. The smallest absolute Gasteiger partial charge is 0.319 e. The minimum atomic E-state index is -0.204. The van der Waals surface area contributed by atoms with Crippen molar-refractivity contribution in [2.75, 3.05) is 11.9 Å². The lowest BCUT2D eigenvalue weighted by Gasteiger charge is -2.09. The molecule has 0 saturated carbocycles. The van der Waals surface area contributed by atoms with E-state index < -0.39 is 0 Å². The van der Waals surface area contributed by atoms with Crippen LogP contribution in [-0.4, -0.2) is 12.6 Å². The van der Waals surface area contributed by atoms with Gasteiger partial charge in [0.15, 0.2) is 0 Å². The zero-order valence-corrected chi connectivity index (χ0v) is 14.5. The highest BCUT2D eigenvalue weighted by Crippen LogP contribution is 2.13. The second-order valence-corrected chi connectivity index (χ2v) is 5.69. The van der Waals surface area contributed by atoms with Crippen molar-refractivity contribution in [2.24, 2.45) is 0 Å². The first kappa shape index (κ1) is 17.9. The summed E-state index contributed by atoms with van der Waals surface area (Å²) in [5.41, 5.74) is 3.14. The van der Waals surface area contributed by atoms with Crippen molar-refractivity contribution < 1.29 is 9.53 Å². The van der Waals surface area contributed by atoms with E-state index in [-0.39, 0.29) is 6.03 Å². The highest BCUT2D eigenvalue weighted by Gasteiger charge is 2.02. The Bertz CT molecular complexity index is 621. The number of unbranched alkanes of at least 4 members (excludes halogenated alkanes) is 1. The van der Waals surface area contributed by atoms with E-state index in [0.717, 1.165) is 23.4 Å². The molecule has 2 amide bonds. The molecule has 2 aromatic carbocycles. The molecule has 0 aromatic heterocycles. The lowest BCUT2D eigenvalue weighted by molar-refractivity contribution is 0.251. The van der Waals surface area contributed by atoms with Crippen LogP contribution in [0.5, 0.6) is 5.75 Å². The molecular weight excluding hydrogens is 300 g/mol. The number of urea groups is 1. The molecule has 0 atom stereocenters. The van der Waals surface area contributed by atoms with Crippen LogP contribution in [0.3, 0.4) is 0 Å². The van der Waals surface area contributed by atoms with Crippen molar-refractivity contribution in [1.82, 2.24) is 5.32 Å². The Kier molecular flexibility index (Phi) is 7.15. The summed E-state index contributed by atoms with van der Waals surface area (Å²) in [5.74, 6) is 0.842. The Labute approximate surface area is 144 Å². The van der Waals surface area contributed by atoms with Crippen LogP contribution in [0.1, 0.15) is 37.8 Å². The standard InChI is InChI=1S/C20H26N2O2/c1-3-5-6-16-7-11-18(12-8-16)22-20(23)21-15-17-9-13-19(14-10-17)24-4-2/h7-14H,3-6,15H2,1-2H3,(H2,21,22,23). The maximum atomic E-state index is 12.0. The molecule has 2 rings (SSSR count). The molecule has 24 heavy (non-hydrogen) atoms. The van der Waals surface area contributed by atoms with Crippen molar-refractivity contribution in [3.63, 3.8) is 0 Å². The SMILES string of the molecule is CCCCc1ccc(NC(=O)NCc2ccc(OCC)cc2)cc1. The van der Waals surface area contributed by atoms with E-state index in [1.807, 2.05) is 43.3 Å². The van der Waals surface area contributed by atoms with Gasteiger partial charge >= 0.3 is 6.03 Å². The van der Waals surface area contributed by atoms with Crippen molar-refractivity contribution in [1.29, 1.82) is 0 Å². The monoisotopic (exact) mass is 326 g/mol. The average Bonchev–Trinajstić information content (AvgIpc) is 2.61. The van der Waals surface area contributed by atoms with Crippen LogP contribution < -0.4 is 15.4 Å². The first-order chi connectivity index (χ1) is 11.7. The van der Waals surface area contributed by atoms with Crippen LogP contribution in [0.15, 0.2) is 48.5 Å². The zero-order chi connectivity index (χ0) is 17.2. The topological polar surface area (TPSA) is 50.4 Å². The number of amides is 2. The van der Waals surface area contributed by atoms with Gasteiger partial charge in [0.05, 0.1) is 6.61 Å². The summed E-state index contributed by atoms with van der Waals surface area (Å²) in [4.78, 5) is 12.0. The number of aryl methyl sites for hydroxylation is 1. The van der Waals surface area contributed by atoms with E-state index in [9.17, 15) is 4.79 Å². The average molecular weight is 326 g/mol. The molecule has 0 spiro atoms. The molecule has 4 nitrogen and oxygen atoms in total. The fraction of sp³-hybridized carbons (Fsp3) is 0.350. The van der Waals surface area contributed by atoms with Crippen molar-refractivity contribution in [2.45, 2.75) is 39.7 Å². The Balaban J connectivity index is 1.78. The molecule has 0 aliphatic heterocycles. The number of anilines is 1. The summed E-state index contributed by atoms with van der Waals surface area (Å²) in [6, 6.07) is 15.5. The highest BCUT2D eigenvalue weighted by molar-refractivity contribution is 5.89. The minimum absolute atomic E-state index is 0.204. The molecule has 0 saturated heterocycles. The normalized spacial score (nSPS) is 10.2. The maximum absolute atomic E-state index is 12.0. The van der Waals surface area contributed by atoms with Crippen molar-refractivity contribution in [3.05, 3.63) is 59.7 Å². The van der Waals surface area contributed by atoms with Crippen molar-refractivity contribution in [3.8, 4) is 5.75 Å². The third-order valence-corrected chi connectivity index (χ3v) is 3.72. The van der Waals surface area contributed by atoms with Gasteiger partial charge in [-0.15, -0.1) is 0 Å². The molecule has 2 N–H and O–H groups in total. The molecule has 2 aromatic rings. The molecule has 0 aliphatic carbocycles. The van der Waals surface area contributed by atoms with E-state index in [1.165, 1.54) is 18.4 Å². The van der Waals surface area contributed by atoms with Crippen molar-refractivity contribution >= 4 is 11.7 Å². The summed E-state index contributed by atoms with van der Waals surface area (Å²) >= 11 is 0. The molecule has 0 radical (unpaired) electrons. The first-order valence-electron chi connectivity index (χ1n) is 8.56. The van der Waals surface area contributed by atoms with E-state index in [1.54, 1.807) is 0 Å². The summed E-state index contributed by atoms with van der Waals surface area (Å²) in [5, 5.41) is 5.71. The Morgan fingerprint density at radius 2 is 1.62 bits per heavy atom. The molecule has 0 aliphatic rings. The second kappa shape index (κ2) is 9.60. The lowest BCUT2D eigenvalue weighted by atomic mass is 10.1. The lowest BCUT2D eigenvalue weighted by Crippen LogP contribution is -2.28. The highest BCUT2D eigenvalue weighted by atomic mass is 16.5. The predicted molar refractivity (Wildman–Crippen MR) is 98.5 cm³/mol. The summed E-state index contributed by atoms with van der Waals surface area (Å²) < 4.78 is 5.40. The predicted octanol–water partition coefficient (Wildman–Crippen LogP) is 4.75. The van der Waals surface area contributed by atoms with Gasteiger partial charge in [0.1, 0.15) is 5.75 Å². The third-order valence-electron chi connectivity index (χ3n) is 3.72. The minimum Gasteiger partial charge on any atom is -0.494 e. The Hall–Kier alpha value is -2.49. The fourth-order valence-electron chi connectivity index (χ4n) is 2.36.